The van der Waals surface area contributed by atoms with Gasteiger partial charge in [-0.2, -0.15) is 10.1 Å². The van der Waals surface area contributed by atoms with Crippen molar-refractivity contribution in [2.75, 3.05) is 16.5 Å². The Kier molecular flexibility index (Phi) is 3.42. The van der Waals surface area contributed by atoms with Crippen LogP contribution in [-0.4, -0.2) is 24.2 Å². The van der Waals surface area contributed by atoms with Crippen molar-refractivity contribution in [2.24, 2.45) is 10.5 Å². The highest BCUT2D eigenvalue weighted by Gasteiger charge is 2.58. The lowest BCUT2D eigenvalue weighted by Crippen LogP contribution is -2.61. The number of para-hydroxylation sites is 2. The number of hydrogen-bond donors (Lipinski definition) is 0. The molecular formula is C22H23N3O. The summed E-state index contributed by atoms with van der Waals surface area (Å²) < 4.78 is 0. The summed E-state index contributed by atoms with van der Waals surface area (Å²) in [5, 5.41) is 6.39. The van der Waals surface area contributed by atoms with Gasteiger partial charge in [-0.15, -0.1) is 0 Å². The molecule has 0 radical (unpaired) electrons. The molecule has 1 fully saturated rings. The second kappa shape index (κ2) is 5.70. The zero-order valence-corrected chi connectivity index (χ0v) is 15.1. The Labute approximate surface area is 154 Å². The first-order valence-electron chi connectivity index (χ1n) is 9.52. The van der Waals surface area contributed by atoms with Crippen LogP contribution in [-0.2, 0) is 11.2 Å². The number of carbonyl (C=O) groups excluding carboxylic acids is 1. The SMILES string of the molecule is CC1=NN(c2ccccc2)C(=O)C12Cc1ccccc1N1CCCCC12. The molecule has 4 heteroatoms. The summed E-state index contributed by atoms with van der Waals surface area (Å²) in [5.74, 6) is 0.132. The average Bonchev–Trinajstić information content (AvgIpc) is 2.94. The van der Waals surface area contributed by atoms with Crippen LogP contribution >= 0.6 is 0 Å². The smallest absolute Gasteiger partial charge is 0.261 e. The van der Waals surface area contributed by atoms with Crippen molar-refractivity contribution < 1.29 is 4.79 Å². The number of anilines is 2. The fourth-order valence-corrected chi connectivity index (χ4v) is 5.05. The molecule has 1 amide bonds. The van der Waals surface area contributed by atoms with Gasteiger partial charge >= 0.3 is 0 Å². The molecule has 132 valence electrons. The molecule has 2 unspecified atom stereocenters. The van der Waals surface area contributed by atoms with E-state index in [2.05, 4.69) is 29.2 Å². The van der Waals surface area contributed by atoms with E-state index in [-0.39, 0.29) is 11.9 Å². The van der Waals surface area contributed by atoms with Gasteiger partial charge in [0.2, 0.25) is 0 Å². The quantitative estimate of drug-likeness (QED) is 0.783. The largest absolute Gasteiger partial charge is 0.367 e. The molecule has 0 saturated carbocycles. The van der Waals surface area contributed by atoms with Gasteiger partial charge in [-0.3, -0.25) is 4.79 Å². The summed E-state index contributed by atoms with van der Waals surface area (Å²) in [6, 6.07) is 18.6. The van der Waals surface area contributed by atoms with Crippen molar-refractivity contribution in [1.82, 2.24) is 0 Å². The van der Waals surface area contributed by atoms with Gasteiger partial charge in [0.05, 0.1) is 11.4 Å². The maximum absolute atomic E-state index is 13.7. The van der Waals surface area contributed by atoms with Crippen LogP contribution in [0.1, 0.15) is 31.7 Å². The summed E-state index contributed by atoms with van der Waals surface area (Å²) in [6.45, 7) is 3.07. The summed E-state index contributed by atoms with van der Waals surface area (Å²) in [5.41, 5.74) is 3.85. The summed E-state index contributed by atoms with van der Waals surface area (Å²) in [7, 11) is 0. The molecule has 5 rings (SSSR count). The molecule has 2 aromatic rings. The molecule has 0 N–H and O–H groups in total. The van der Waals surface area contributed by atoms with Crippen LogP contribution in [0.2, 0.25) is 0 Å². The number of amides is 1. The second-order valence-corrected chi connectivity index (χ2v) is 7.62. The fourth-order valence-electron chi connectivity index (χ4n) is 5.05. The molecule has 2 atom stereocenters. The minimum absolute atomic E-state index is 0.132. The Bertz CT molecular complexity index is 891. The molecule has 2 aromatic carbocycles. The van der Waals surface area contributed by atoms with Crippen LogP contribution in [0.3, 0.4) is 0 Å². The number of hydrogen-bond acceptors (Lipinski definition) is 3. The number of nitrogens with zero attached hydrogens (tertiary/aromatic N) is 3. The van der Waals surface area contributed by atoms with Crippen LogP contribution in [0.15, 0.2) is 59.7 Å². The Morgan fingerprint density at radius 3 is 2.65 bits per heavy atom. The molecule has 0 aliphatic carbocycles. The van der Waals surface area contributed by atoms with Gasteiger partial charge in [-0.25, -0.2) is 0 Å². The standard InChI is InChI=1S/C22H23N3O/c1-16-22(21(26)25(23-16)18-10-3-2-4-11-18)15-17-9-5-6-12-19(17)24-14-8-7-13-20(22)24/h2-6,9-12,20H,7-8,13-15H2,1H3. The number of piperidine rings is 1. The van der Waals surface area contributed by atoms with E-state index in [1.165, 1.54) is 24.1 Å². The lowest BCUT2D eigenvalue weighted by atomic mass is 9.66. The van der Waals surface area contributed by atoms with Gasteiger partial charge in [0, 0.05) is 18.3 Å². The zero-order chi connectivity index (χ0) is 17.7. The Morgan fingerprint density at radius 2 is 1.81 bits per heavy atom. The summed E-state index contributed by atoms with van der Waals surface area (Å²) in [6.07, 6.45) is 4.17. The molecule has 3 aliphatic rings. The molecular weight excluding hydrogens is 322 g/mol. The molecule has 1 saturated heterocycles. The zero-order valence-electron chi connectivity index (χ0n) is 15.1. The third kappa shape index (κ3) is 2.02. The molecule has 0 aromatic heterocycles. The molecule has 3 heterocycles. The van der Waals surface area contributed by atoms with Crippen molar-refractivity contribution in [3.8, 4) is 0 Å². The van der Waals surface area contributed by atoms with Gasteiger partial charge in [0.1, 0.15) is 5.41 Å². The highest BCUT2D eigenvalue weighted by Crippen LogP contribution is 2.49. The lowest BCUT2D eigenvalue weighted by molar-refractivity contribution is -0.125. The third-order valence-electron chi connectivity index (χ3n) is 6.31. The number of benzene rings is 2. The van der Waals surface area contributed by atoms with E-state index in [4.69, 9.17) is 5.10 Å². The van der Waals surface area contributed by atoms with E-state index in [0.29, 0.717) is 0 Å². The first kappa shape index (κ1) is 15.6. The number of hydrazone groups is 1. The molecule has 0 bridgehead atoms. The monoisotopic (exact) mass is 345 g/mol. The molecule has 26 heavy (non-hydrogen) atoms. The summed E-state index contributed by atoms with van der Waals surface area (Å²) >= 11 is 0. The fraction of sp³-hybridized carbons (Fsp3) is 0.364. The summed E-state index contributed by atoms with van der Waals surface area (Å²) in [4.78, 5) is 16.2. The van der Waals surface area contributed by atoms with E-state index in [9.17, 15) is 4.79 Å². The van der Waals surface area contributed by atoms with Gasteiger partial charge in [0.25, 0.3) is 5.91 Å². The minimum Gasteiger partial charge on any atom is -0.367 e. The number of fused-ring (bicyclic) bond motifs is 4. The maximum atomic E-state index is 13.7. The van der Waals surface area contributed by atoms with Crippen molar-refractivity contribution in [2.45, 2.75) is 38.6 Å². The van der Waals surface area contributed by atoms with Gasteiger partial charge < -0.3 is 4.90 Å². The van der Waals surface area contributed by atoms with Crippen molar-refractivity contribution >= 4 is 23.0 Å². The van der Waals surface area contributed by atoms with Gasteiger partial charge in [-0.05, 0) is 56.4 Å². The number of rotatable bonds is 1. The minimum atomic E-state index is -0.537. The van der Waals surface area contributed by atoms with Crippen molar-refractivity contribution in [3.63, 3.8) is 0 Å². The van der Waals surface area contributed by atoms with E-state index in [0.717, 1.165) is 30.8 Å². The molecule has 1 spiro atoms. The van der Waals surface area contributed by atoms with Crippen molar-refractivity contribution in [3.05, 3.63) is 60.2 Å². The average molecular weight is 345 g/mol. The van der Waals surface area contributed by atoms with Gasteiger partial charge in [-0.1, -0.05) is 36.4 Å². The topological polar surface area (TPSA) is 35.9 Å². The third-order valence-corrected chi connectivity index (χ3v) is 6.31. The van der Waals surface area contributed by atoms with E-state index in [1.807, 2.05) is 37.3 Å². The predicted octanol–water partition coefficient (Wildman–Crippen LogP) is 4.01. The second-order valence-electron chi connectivity index (χ2n) is 7.62. The van der Waals surface area contributed by atoms with Crippen LogP contribution in [0, 0.1) is 5.41 Å². The van der Waals surface area contributed by atoms with E-state index < -0.39 is 5.41 Å². The lowest BCUT2D eigenvalue weighted by Gasteiger charge is -2.51. The maximum Gasteiger partial charge on any atom is 0.261 e. The van der Waals surface area contributed by atoms with Crippen LogP contribution in [0.5, 0.6) is 0 Å². The van der Waals surface area contributed by atoms with E-state index >= 15 is 0 Å². The van der Waals surface area contributed by atoms with Gasteiger partial charge in [0.15, 0.2) is 0 Å². The van der Waals surface area contributed by atoms with Crippen LogP contribution in [0.25, 0.3) is 0 Å². The predicted molar refractivity (Wildman–Crippen MR) is 105 cm³/mol. The van der Waals surface area contributed by atoms with E-state index in [1.54, 1.807) is 5.01 Å². The Hall–Kier alpha value is -2.62. The first-order chi connectivity index (χ1) is 12.7. The highest BCUT2D eigenvalue weighted by molar-refractivity contribution is 6.20. The van der Waals surface area contributed by atoms with Crippen LogP contribution < -0.4 is 9.91 Å². The number of carbonyl (C=O) groups is 1. The normalized spacial score (nSPS) is 27.3. The highest BCUT2D eigenvalue weighted by atomic mass is 16.2. The first-order valence-corrected chi connectivity index (χ1v) is 9.52. The van der Waals surface area contributed by atoms with Crippen LogP contribution in [0.4, 0.5) is 11.4 Å². The Balaban J connectivity index is 1.64. The Morgan fingerprint density at radius 1 is 1.04 bits per heavy atom. The van der Waals surface area contributed by atoms with Crippen molar-refractivity contribution in [1.29, 1.82) is 0 Å². The molecule has 3 aliphatic heterocycles. The molecule has 4 nitrogen and oxygen atoms in total.